The predicted octanol–water partition coefficient (Wildman–Crippen LogP) is 1.67. The monoisotopic (exact) mass is 355 g/mol. The van der Waals surface area contributed by atoms with Gasteiger partial charge in [0.15, 0.2) is 0 Å². The van der Waals surface area contributed by atoms with Gasteiger partial charge in [-0.05, 0) is 54.7 Å². The molecule has 6 nitrogen and oxygen atoms in total. The fraction of sp³-hybridized carbons (Fsp3) is 0.278. The van der Waals surface area contributed by atoms with Crippen LogP contribution in [0.15, 0.2) is 48.8 Å². The standard InChI is InChI=1S/C18H17N3O3S/c19-13-15-3-1-14(2-4-15)5-8-18(16-6-10-20-11-7-16)9-12-25(23,24)21-17(18)22/h1-4,6-7,10-11H,5,8-9,12H2,(H,21,22). The normalized spacial score (nSPS) is 22.0. The van der Waals surface area contributed by atoms with E-state index in [4.69, 9.17) is 5.26 Å². The first-order valence-electron chi connectivity index (χ1n) is 7.90. The van der Waals surface area contributed by atoms with Crippen LogP contribution in [0, 0.1) is 11.3 Å². The van der Waals surface area contributed by atoms with E-state index in [0.29, 0.717) is 18.4 Å². The van der Waals surface area contributed by atoms with E-state index < -0.39 is 21.3 Å². The number of rotatable bonds is 4. The maximum atomic E-state index is 12.7. The van der Waals surface area contributed by atoms with Crippen LogP contribution in [0.1, 0.15) is 29.5 Å². The molecular weight excluding hydrogens is 338 g/mol. The smallest absolute Gasteiger partial charge is 0.244 e. The molecule has 0 radical (unpaired) electrons. The minimum absolute atomic E-state index is 0.0889. The molecule has 7 heteroatoms. The first-order chi connectivity index (χ1) is 12.0. The van der Waals surface area contributed by atoms with Crippen molar-refractivity contribution in [1.82, 2.24) is 9.71 Å². The molecule has 1 atom stereocenters. The zero-order valence-corrected chi connectivity index (χ0v) is 14.3. The average molecular weight is 355 g/mol. The summed E-state index contributed by atoms with van der Waals surface area (Å²) in [6.07, 6.45) is 4.53. The van der Waals surface area contributed by atoms with E-state index in [-0.39, 0.29) is 12.2 Å². The van der Waals surface area contributed by atoms with Crippen LogP contribution in [-0.2, 0) is 26.7 Å². The van der Waals surface area contributed by atoms with Crippen LogP contribution in [0.5, 0.6) is 0 Å². The van der Waals surface area contributed by atoms with Gasteiger partial charge in [-0.25, -0.2) is 8.42 Å². The third-order valence-corrected chi connectivity index (χ3v) is 5.87. The molecule has 25 heavy (non-hydrogen) atoms. The number of nitrogens with one attached hydrogen (secondary N) is 1. The summed E-state index contributed by atoms with van der Waals surface area (Å²) < 4.78 is 25.7. The van der Waals surface area contributed by atoms with Crippen LogP contribution in [-0.4, -0.2) is 25.1 Å². The van der Waals surface area contributed by atoms with Crippen molar-refractivity contribution < 1.29 is 13.2 Å². The lowest BCUT2D eigenvalue weighted by Gasteiger charge is -2.36. The molecule has 1 aromatic heterocycles. The lowest BCUT2D eigenvalue weighted by atomic mass is 9.73. The van der Waals surface area contributed by atoms with Crippen LogP contribution >= 0.6 is 0 Å². The zero-order valence-electron chi connectivity index (χ0n) is 13.5. The van der Waals surface area contributed by atoms with Gasteiger partial charge in [0.05, 0.1) is 22.8 Å². The minimum atomic E-state index is -3.55. The predicted molar refractivity (Wildman–Crippen MR) is 91.9 cm³/mol. The van der Waals surface area contributed by atoms with Gasteiger partial charge in [-0.1, -0.05) is 12.1 Å². The Hall–Kier alpha value is -2.72. The molecule has 2 aromatic rings. The molecule has 1 aliphatic rings. The number of aryl methyl sites for hydroxylation is 1. The molecule has 1 amide bonds. The van der Waals surface area contributed by atoms with Gasteiger partial charge in [0, 0.05) is 12.4 Å². The maximum absolute atomic E-state index is 12.7. The number of pyridine rings is 1. The summed E-state index contributed by atoms with van der Waals surface area (Å²) in [5.41, 5.74) is 1.44. The van der Waals surface area contributed by atoms with Crippen molar-refractivity contribution in [3.63, 3.8) is 0 Å². The largest absolute Gasteiger partial charge is 0.273 e. The van der Waals surface area contributed by atoms with Gasteiger partial charge < -0.3 is 0 Å². The second-order valence-electron chi connectivity index (χ2n) is 6.13. The Morgan fingerprint density at radius 3 is 2.44 bits per heavy atom. The Bertz CT molecular complexity index is 918. The lowest BCUT2D eigenvalue weighted by Crippen LogP contribution is -2.53. The third-order valence-electron chi connectivity index (χ3n) is 4.64. The van der Waals surface area contributed by atoms with E-state index in [0.717, 1.165) is 11.1 Å². The number of hydrogen-bond acceptors (Lipinski definition) is 5. The van der Waals surface area contributed by atoms with Crippen LogP contribution < -0.4 is 4.72 Å². The van der Waals surface area contributed by atoms with E-state index in [9.17, 15) is 13.2 Å². The summed E-state index contributed by atoms with van der Waals surface area (Å²) in [6.45, 7) is 0. The van der Waals surface area contributed by atoms with E-state index in [1.807, 2.05) is 12.1 Å². The Morgan fingerprint density at radius 2 is 1.84 bits per heavy atom. The van der Waals surface area contributed by atoms with Crippen molar-refractivity contribution in [3.8, 4) is 6.07 Å². The molecule has 1 N–H and O–H groups in total. The zero-order chi connectivity index (χ0) is 17.9. The van der Waals surface area contributed by atoms with Gasteiger partial charge >= 0.3 is 0 Å². The number of nitrogens with zero attached hydrogens (tertiary/aromatic N) is 2. The Morgan fingerprint density at radius 1 is 1.16 bits per heavy atom. The van der Waals surface area contributed by atoms with Crippen molar-refractivity contribution in [2.24, 2.45) is 0 Å². The Balaban J connectivity index is 1.90. The molecule has 128 valence electrons. The molecule has 2 heterocycles. The first kappa shape index (κ1) is 17.1. The number of benzene rings is 1. The summed E-state index contributed by atoms with van der Waals surface area (Å²) in [5, 5.41) is 8.87. The molecule has 3 rings (SSSR count). The maximum Gasteiger partial charge on any atom is 0.244 e. The van der Waals surface area contributed by atoms with E-state index in [1.54, 1.807) is 36.7 Å². The van der Waals surface area contributed by atoms with Gasteiger partial charge in [0.2, 0.25) is 15.9 Å². The summed E-state index contributed by atoms with van der Waals surface area (Å²) in [5.74, 6) is -0.576. The van der Waals surface area contributed by atoms with Gasteiger partial charge in [-0.2, -0.15) is 5.26 Å². The number of aromatic nitrogens is 1. The van der Waals surface area contributed by atoms with E-state index in [2.05, 4.69) is 15.8 Å². The van der Waals surface area contributed by atoms with Crippen LogP contribution in [0.4, 0.5) is 0 Å². The Labute approximate surface area is 146 Å². The van der Waals surface area contributed by atoms with Gasteiger partial charge in [-0.15, -0.1) is 0 Å². The van der Waals surface area contributed by atoms with Gasteiger partial charge in [-0.3, -0.25) is 14.5 Å². The number of nitriles is 1. The number of sulfonamides is 1. The molecular formula is C18H17N3O3S. The fourth-order valence-electron chi connectivity index (χ4n) is 3.15. The van der Waals surface area contributed by atoms with Crippen molar-refractivity contribution in [3.05, 3.63) is 65.5 Å². The van der Waals surface area contributed by atoms with E-state index >= 15 is 0 Å². The molecule has 1 aliphatic heterocycles. The molecule has 0 spiro atoms. The second kappa shape index (κ2) is 6.65. The average Bonchev–Trinajstić information content (AvgIpc) is 2.62. The van der Waals surface area contributed by atoms with Crippen molar-refractivity contribution in [1.29, 1.82) is 5.26 Å². The quantitative estimate of drug-likeness (QED) is 0.899. The molecule has 1 saturated heterocycles. The molecule has 0 saturated carbocycles. The third kappa shape index (κ3) is 3.54. The molecule has 0 bridgehead atoms. The summed E-state index contributed by atoms with van der Waals surface area (Å²) in [7, 11) is -3.55. The van der Waals surface area contributed by atoms with Crippen molar-refractivity contribution in [2.75, 3.05) is 5.75 Å². The van der Waals surface area contributed by atoms with Crippen LogP contribution in [0.2, 0.25) is 0 Å². The molecule has 1 fully saturated rings. The number of carbonyl (C=O) groups is 1. The number of amides is 1. The van der Waals surface area contributed by atoms with Gasteiger partial charge in [0.1, 0.15) is 0 Å². The SMILES string of the molecule is N#Cc1ccc(CCC2(c3ccncc3)CCS(=O)(=O)NC2=O)cc1. The topological polar surface area (TPSA) is 99.9 Å². The second-order valence-corrected chi connectivity index (χ2v) is 7.97. The highest BCUT2D eigenvalue weighted by Gasteiger charge is 2.45. The highest BCUT2D eigenvalue weighted by atomic mass is 32.2. The number of carbonyl (C=O) groups excluding carboxylic acids is 1. The summed E-state index contributed by atoms with van der Waals surface area (Å²) in [4.78, 5) is 16.7. The lowest BCUT2D eigenvalue weighted by molar-refractivity contribution is -0.125. The highest BCUT2D eigenvalue weighted by Crippen LogP contribution is 2.36. The summed E-state index contributed by atoms with van der Waals surface area (Å²) >= 11 is 0. The van der Waals surface area contributed by atoms with Gasteiger partial charge in [0.25, 0.3) is 0 Å². The minimum Gasteiger partial charge on any atom is -0.273 e. The van der Waals surface area contributed by atoms with Crippen LogP contribution in [0.25, 0.3) is 0 Å². The Kier molecular flexibility index (Phi) is 4.55. The molecule has 0 aliphatic carbocycles. The van der Waals surface area contributed by atoms with E-state index in [1.165, 1.54) is 0 Å². The van der Waals surface area contributed by atoms with Crippen molar-refractivity contribution in [2.45, 2.75) is 24.7 Å². The van der Waals surface area contributed by atoms with Crippen molar-refractivity contribution >= 4 is 15.9 Å². The molecule has 1 unspecified atom stereocenters. The highest BCUT2D eigenvalue weighted by molar-refractivity contribution is 7.90. The summed E-state index contributed by atoms with van der Waals surface area (Å²) in [6, 6.07) is 12.8. The fourth-order valence-corrected chi connectivity index (χ4v) is 4.34. The first-order valence-corrected chi connectivity index (χ1v) is 9.55. The number of hydrogen-bond donors (Lipinski definition) is 1. The molecule has 1 aromatic carbocycles. The van der Waals surface area contributed by atoms with Crippen LogP contribution in [0.3, 0.4) is 0 Å².